The predicted molar refractivity (Wildman–Crippen MR) is 98.7 cm³/mol. The lowest BCUT2D eigenvalue weighted by atomic mass is 9.82. The average molecular weight is 376 g/mol. The number of benzene rings is 1. The first-order valence-electron chi connectivity index (χ1n) is 9.61. The van der Waals surface area contributed by atoms with Crippen LogP contribution < -0.4 is 0 Å². The van der Waals surface area contributed by atoms with Gasteiger partial charge in [0.15, 0.2) is 0 Å². The molecule has 1 aromatic rings. The van der Waals surface area contributed by atoms with E-state index in [1.165, 1.54) is 0 Å². The molecule has 2 aliphatic heterocycles. The van der Waals surface area contributed by atoms with Crippen molar-refractivity contribution in [3.8, 4) is 0 Å². The van der Waals surface area contributed by atoms with Gasteiger partial charge >= 0.3 is 11.9 Å². The molecule has 0 aliphatic carbocycles. The molecule has 1 aromatic carbocycles. The molecule has 0 saturated carbocycles. The Morgan fingerprint density at radius 1 is 0.852 bits per heavy atom. The molecule has 0 aromatic heterocycles. The van der Waals surface area contributed by atoms with E-state index in [2.05, 4.69) is 13.8 Å². The summed E-state index contributed by atoms with van der Waals surface area (Å²) in [5, 5.41) is 0. The Bertz CT molecular complexity index is 652. The van der Waals surface area contributed by atoms with Gasteiger partial charge in [-0.2, -0.15) is 0 Å². The predicted octanol–water partition coefficient (Wildman–Crippen LogP) is 3.24. The van der Waals surface area contributed by atoms with Crippen LogP contribution in [-0.2, 0) is 18.9 Å². The largest absolute Gasteiger partial charge is 0.461 e. The van der Waals surface area contributed by atoms with E-state index in [9.17, 15) is 9.59 Å². The summed E-state index contributed by atoms with van der Waals surface area (Å²) in [7, 11) is 0. The molecule has 0 N–H and O–H groups in total. The van der Waals surface area contributed by atoms with Gasteiger partial charge < -0.3 is 18.9 Å². The fraction of sp³-hybridized carbons (Fsp3) is 0.619. The molecule has 0 bridgehead atoms. The van der Waals surface area contributed by atoms with Crippen LogP contribution in [0, 0.1) is 10.8 Å². The highest BCUT2D eigenvalue weighted by atomic mass is 16.6. The van der Waals surface area contributed by atoms with E-state index in [0.717, 1.165) is 19.3 Å². The zero-order chi connectivity index (χ0) is 19.3. The topological polar surface area (TPSA) is 71.1 Å². The third kappa shape index (κ3) is 4.50. The van der Waals surface area contributed by atoms with Crippen LogP contribution in [0.25, 0.3) is 0 Å². The van der Waals surface area contributed by atoms with Gasteiger partial charge in [-0.1, -0.05) is 20.3 Å². The number of carbonyl (C=O) groups is 2. The number of esters is 2. The zero-order valence-corrected chi connectivity index (χ0v) is 16.1. The van der Waals surface area contributed by atoms with Crippen LogP contribution in [-0.4, -0.2) is 51.6 Å². The van der Waals surface area contributed by atoms with Gasteiger partial charge in [0, 0.05) is 0 Å². The number of hydrogen-bond acceptors (Lipinski definition) is 6. The summed E-state index contributed by atoms with van der Waals surface area (Å²) in [6.45, 7) is 7.44. The van der Waals surface area contributed by atoms with Crippen LogP contribution in [0.3, 0.4) is 0 Å². The van der Waals surface area contributed by atoms with Crippen molar-refractivity contribution in [1.29, 1.82) is 0 Å². The van der Waals surface area contributed by atoms with Gasteiger partial charge in [-0.15, -0.1) is 0 Å². The van der Waals surface area contributed by atoms with Gasteiger partial charge in [0.2, 0.25) is 0 Å². The Morgan fingerprint density at radius 3 is 1.63 bits per heavy atom. The normalized spacial score (nSPS) is 19.5. The minimum atomic E-state index is -0.386. The molecule has 0 atom stereocenters. The van der Waals surface area contributed by atoms with E-state index < -0.39 is 0 Å². The molecule has 2 heterocycles. The van der Waals surface area contributed by atoms with Crippen LogP contribution in [0.4, 0.5) is 0 Å². The van der Waals surface area contributed by atoms with Crippen molar-refractivity contribution in [3.63, 3.8) is 0 Å². The summed E-state index contributed by atoms with van der Waals surface area (Å²) in [6.07, 6.45) is 2.92. The standard InChI is InChI=1S/C21H28O6/c1-3-9-21(12-25-13-21)15-27-19(23)17-7-5-16(6-8-17)18(22)26-14-20(4-2)10-24-11-20/h5-8H,3-4,9-15H2,1-2H3. The Balaban J connectivity index is 1.50. The lowest BCUT2D eigenvalue weighted by Crippen LogP contribution is -2.46. The molecule has 0 amide bonds. The first kappa shape index (κ1) is 19.8. The van der Waals surface area contributed by atoms with Gasteiger partial charge in [0.05, 0.1) is 48.4 Å². The molecule has 27 heavy (non-hydrogen) atoms. The van der Waals surface area contributed by atoms with Gasteiger partial charge in [-0.3, -0.25) is 0 Å². The Hall–Kier alpha value is -1.92. The number of ether oxygens (including phenoxy) is 4. The number of rotatable bonds is 9. The lowest BCUT2D eigenvalue weighted by molar-refractivity contribution is -0.142. The van der Waals surface area contributed by atoms with Gasteiger partial charge in [-0.25, -0.2) is 9.59 Å². The van der Waals surface area contributed by atoms with Crippen molar-refractivity contribution in [3.05, 3.63) is 35.4 Å². The summed E-state index contributed by atoms with van der Waals surface area (Å²) in [6, 6.07) is 6.40. The minimum absolute atomic E-state index is 0.0331. The molecule has 6 nitrogen and oxygen atoms in total. The molecule has 0 radical (unpaired) electrons. The molecular formula is C21H28O6. The van der Waals surface area contributed by atoms with Crippen molar-refractivity contribution >= 4 is 11.9 Å². The molecule has 0 spiro atoms. The number of hydrogen-bond donors (Lipinski definition) is 0. The fourth-order valence-corrected chi connectivity index (χ4v) is 3.35. The summed E-state index contributed by atoms with van der Waals surface area (Å²) >= 11 is 0. The second-order valence-corrected chi connectivity index (χ2v) is 7.82. The van der Waals surface area contributed by atoms with Crippen LogP contribution in [0.1, 0.15) is 53.8 Å². The van der Waals surface area contributed by atoms with Crippen molar-refractivity contribution in [2.24, 2.45) is 10.8 Å². The maximum Gasteiger partial charge on any atom is 0.338 e. The number of carbonyl (C=O) groups excluding carboxylic acids is 2. The van der Waals surface area contributed by atoms with Crippen molar-refractivity contribution in [2.75, 3.05) is 39.6 Å². The van der Waals surface area contributed by atoms with Crippen LogP contribution >= 0.6 is 0 Å². The average Bonchev–Trinajstić information content (AvgIpc) is 2.63. The van der Waals surface area contributed by atoms with E-state index in [1.807, 2.05) is 0 Å². The molecule has 2 fully saturated rings. The lowest BCUT2D eigenvalue weighted by Gasteiger charge is -2.40. The van der Waals surface area contributed by atoms with E-state index in [4.69, 9.17) is 18.9 Å². The summed E-state index contributed by atoms with van der Waals surface area (Å²) in [4.78, 5) is 24.5. The third-order valence-corrected chi connectivity index (χ3v) is 5.54. The third-order valence-electron chi connectivity index (χ3n) is 5.54. The van der Waals surface area contributed by atoms with Crippen LogP contribution in [0.2, 0.25) is 0 Å². The minimum Gasteiger partial charge on any atom is -0.461 e. The molecule has 2 saturated heterocycles. The van der Waals surface area contributed by atoms with E-state index in [0.29, 0.717) is 50.8 Å². The smallest absolute Gasteiger partial charge is 0.338 e. The second kappa shape index (κ2) is 8.40. The molecule has 0 unspecified atom stereocenters. The van der Waals surface area contributed by atoms with E-state index in [1.54, 1.807) is 24.3 Å². The molecule has 148 valence electrons. The van der Waals surface area contributed by atoms with E-state index >= 15 is 0 Å². The van der Waals surface area contributed by atoms with Crippen molar-refractivity contribution in [2.45, 2.75) is 33.1 Å². The SMILES string of the molecule is CCCC1(COC(=O)c2ccc(C(=O)OCC3(CC)COC3)cc2)COC1. The van der Waals surface area contributed by atoms with Gasteiger partial charge in [0.25, 0.3) is 0 Å². The Labute approximate surface area is 160 Å². The first-order valence-corrected chi connectivity index (χ1v) is 9.61. The monoisotopic (exact) mass is 376 g/mol. The maximum atomic E-state index is 12.3. The van der Waals surface area contributed by atoms with Crippen LogP contribution in [0.5, 0.6) is 0 Å². The van der Waals surface area contributed by atoms with Crippen LogP contribution in [0.15, 0.2) is 24.3 Å². The quantitative estimate of drug-likeness (QED) is 0.616. The Kier molecular flexibility index (Phi) is 6.17. The highest BCUT2D eigenvalue weighted by Crippen LogP contribution is 2.33. The molecule has 6 heteroatoms. The summed E-state index contributed by atoms with van der Waals surface area (Å²) in [5.74, 6) is -0.767. The molecular weight excluding hydrogens is 348 g/mol. The highest BCUT2D eigenvalue weighted by Gasteiger charge is 2.39. The summed E-state index contributed by atoms with van der Waals surface area (Å²) < 4.78 is 21.4. The van der Waals surface area contributed by atoms with Gasteiger partial charge in [0.1, 0.15) is 13.2 Å². The fourth-order valence-electron chi connectivity index (χ4n) is 3.35. The highest BCUT2D eigenvalue weighted by molar-refractivity contribution is 5.93. The Morgan fingerprint density at radius 2 is 1.30 bits per heavy atom. The van der Waals surface area contributed by atoms with E-state index in [-0.39, 0.29) is 22.8 Å². The zero-order valence-electron chi connectivity index (χ0n) is 16.1. The van der Waals surface area contributed by atoms with Gasteiger partial charge in [-0.05, 0) is 37.1 Å². The molecule has 3 rings (SSSR count). The maximum absolute atomic E-state index is 12.3. The molecule has 2 aliphatic rings. The van der Waals surface area contributed by atoms with Crippen molar-refractivity contribution < 1.29 is 28.5 Å². The first-order chi connectivity index (χ1) is 13.0. The van der Waals surface area contributed by atoms with Crippen molar-refractivity contribution in [1.82, 2.24) is 0 Å². The second-order valence-electron chi connectivity index (χ2n) is 7.82. The summed E-state index contributed by atoms with van der Waals surface area (Å²) in [5.41, 5.74) is 0.775.